The molecule has 82 valence electrons. The molecule has 1 N–H and O–H groups in total. The fraction of sp³-hybridized carbons (Fsp3) is 0.636. The normalized spacial score (nSPS) is 30.9. The van der Waals surface area contributed by atoms with Gasteiger partial charge in [0.05, 0.1) is 0 Å². The maximum atomic E-state index is 11.2. The summed E-state index contributed by atoms with van der Waals surface area (Å²) >= 11 is 1.50. The van der Waals surface area contributed by atoms with E-state index in [1.165, 1.54) is 31.0 Å². The van der Waals surface area contributed by atoms with Crippen molar-refractivity contribution in [1.29, 1.82) is 0 Å². The molecule has 2 aliphatic rings. The van der Waals surface area contributed by atoms with Crippen LogP contribution in [-0.4, -0.2) is 27.4 Å². The van der Waals surface area contributed by atoms with Crippen LogP contribution in [-0.2, 0) is 4.79 Å². The summed E-state index contributed by atoms with van der Waals surface area (Å²) in [6, 6.07) is 0. The van der Waals surface area contributed by atoms with Crippen molar-refractivity contribution in [1.82, 2.24) is 0 Å². The molecule has 1 saturated carbocycles. The number of carboxylic acids is 1. The number of carbonyl (C=O) groups is 1. The van der Waals surface area contributed by atoms with Crippen LogP contribution in [0.25, 0.3) is 0 Å². The number of thioether (sulfide) groups is 1. The molecule has 0 bridgehead atoms. The fourth-order valence-corrected chi connectivity index (χ4v) is 3.51. The van der Waals surface area contributed by atoms with E-state index in [2.05, 4.69) is 4.99 Å². The van der Waals surface area contributed by atoms with Gasteiger partial charge in [0.15, 0.2) is 0 Å². The lowest BCUT2D eigenvalue weighted by Crippen LogP contribution is -2.32. The van der Waals surface area contributed by atoms with Gasteiger partial charge in [-0.25, -0.2) is 4.79 Å². The van der Waals surface area contributed by atoms with Crippen molar-refractivity contribution >= 4 is 23.9 Å². The molecular formula is C11H15NO2S. The van der Waals surface area contributed by atoms with E-state index >= 15 is 0 Å². The van der Waals surface area contributed by atoms with Gasteiger partial charge in [0, 0.05) is 11.5 Å². The van der Waals surface area contributed by atoms with E-state index < -0.39 is 10.8 Å². The van der Waals surface area contributed by atoms with Crippen LogP contribution in [0.1, 0.15) is 32.1 Å². The lowest BCUT2D eigenvalue weighted by Gasteiger charge is -2.27. The van der Waals surface area contributed by atoms with Crippen LogP contribution in [0.2, 0.25) is 0 Å². The van der Waals surface area contributed by atoms with Crippen molar-refractivity contribution in [2.45, 2.75) is 42.2 Å². The molecule has 1 unspecified atom stereocenters. The number of rotatable bonds is 3. The third-order valence-electron chi connectivity index (χ3n) is 2.88. The first-order valence-corrected chi connectivity index (χ1v) is 6.25. The second-order valence-corrected chi connectivity index (χ2v) is 5.54. The largest absolute Gasteiger partial charge is 0.479 e. The molecule has 1 heterocycles. The summed E-state index contributed by atoms with van der Waals surface area (Å²) in [7, 11) is 0. The summed E-state index contributed by atoms with van der Waals surface area (Å²) in [4.78, 5) is 14.3. The predicted molar refractivity (Wildman–Crippen MR) is 62.5 cm³/mol. The van der Waals surface area contributed by atoms with E-state index in [1.807, 2.05) is 0 Å². The van der Waals surface area contributed by atoms with Gasteiger partial charge >= 0.3 is 5.97 Å². The zero-order chi connectivity index (χ0) is 10.7. The first-order chi connectivity index (χ1) is 7.23. The highest BCUT2D eigenvalue weighted by Crippen LogP contribution is 2.40. The maximum absolute atomic E-state index is 11.2. The second kappa shape index (κ2) is 4.39. The molecule has 1 fully saturated rings. The number of hydrogen-bond donors (Lipinski definition) is 1. The number of aliphatic imine (C=N–C) groups is 1. The Bertz CT molecular complexity index is 294. The summed E-state index contributed by atoms with van der Waals surface area (Å²) < 4.78 is 0. The Morgan fingerprint density at radius 2 is 2.13 bits per heavy atom. The van der Waals surface area contributed by atoms with E-state index in [-0.39, 0.29) is 0 Å². The van der Waals surface area contributed by atoms with Gasteiger partial charge in [0.1, 0.15) is 0 Å². The maximum Gasteiger partial charge on any atom is 0.346 e. The average Bonchev–Trinajstić information content (AvgIpc) is 2.69. The molecule has 1 atom stereocenters. The van der Waals surface area contributed by atoms with Crippen LogP contribution in [0.4, 0.5) is 0 Å². The van der Waals surface area contributed by atoms with Crippen LogP contribution in [0.3, 0.4) is 0 Å². The van der Waals surface area contributed by atoms with Crippen molar-refractivity contribution < 1.29 is 9.90 Å². The number of nitrogens with zero attached hydrogens (tertiary/aromatic N) is 1. The summed E-state index contributed by atoms with van der Waals surface area (Å²) in [6.45, 7) is 0. The first kappa shape index (κ1) is 10.7. The van der Waals surface area contributed by atoms with Crippen LogP contribution in [0, 0.1) is 0 Å². The van der Waals surface area contributed by atoms with E-state index in [0.29, 0.717) is 5.25 Å². The molecule has 0 amide bonds. The van der Waals surface area contributed by atoms with E-state index in [4.69, 9.17) is 0 Å². The van der Waals surface area contributed by atoms with Gasteiger partial charge in [-0.2, -0.15) is 0 Å². The van der Waals surface area contributed by atoms with Crippen molar-refractivity contribution in [3.05, 3.63) is 12.2 Å². The predicted octanol–water partition coefficient (Wildman–Crippen LogP) is 2.47. The van der Waals surface area contributed by atoms with Crippen molar-refractivity contribution in [3.8, 4) is 0 Å². The van der Waals surface area contributed by atoms with E-state index in [0.717, 1.165) is 12.8 Å². The standard InChI is InChI=1S/C11H15NO2S/c13-10(14)11(7-4-8-12-11)15-9-5-2-1-3-6-9/h4,7-9H,1-3,5-6H2,(H,13,14). The Balaban J connectivity index is 2.04. The van der Waals surface area contributed by atoms with Gasteiger partial charge in [-0.3, -0.25) is 4.99 Å². The molecule has 0 aromatic heterocycles. The lowest BCUT2D eigenvalue weighted by atomic mass is 10.0. The highest BCUT2D eigenvalue weighted by molar-refractivity contribution is 8.02. The number of hydrogen-bond acceptors (Lipinski definition) is 3. The monoisotopic (exact) mass is 225 g/mol. The number of allylic oxidation sites excluding steroid dienone is 1. The van der Waals surface area contributed by atoms with Crippen LogP contribution in [0.15, 0.2) is 17.1 Å². The minimum absolute atomic E-state index is 0.453. The van der Waals surface area contributed by atoms with Crippen molar-refractivity contribution in [3.63, 3.8) is 0 Å². The highest BCUT2D eigenvalue weighted by atomic mass is 32.2. The third kappa shape index (κ3) is 2.25. The van der Waals surface area contributed by atoms with Crippen LogP contribution >= 0.6 is 11.8 Å². The SMILES string of the molecule is O=C(O)C1(SC2CCCCC2)C=CC=N1. The first-order valence-electron chi connectivity index (χ1n) is 5.37. The Hall–Kier alpha value is -0.770. The lowest BCUT2D eigenvalue weighted by molar-refractivity contribution is -0.138. The zero-order valence-corrected chi connectivity index (χ0v) is 9.37. The molecular weight excluding hydrogens is 210 g/mol. The van der Waals surface area contributed by atoms with Gasteiger partial charge in [-0.15, -0.1) is 11.8 Å². The van der Waals surface area contributed by atoms with Gasteiger partial charge < -0.3 is 5.11 Å². The van der Waals surface area contributed by atoms with Gasteiger partial charge in [0.25, 0.3) is 0 Å². The summed E-state index contributed by atoms with van der Waals surface area (Å²) in [5, 5.41) is 9.66. The summed E-state index contributed by atoms with van der Waals surface area (Å²) in [5.41, 5.74) is 0. The second-order valence-electron chi connectivity index (χ2n) is 4.02. The molecule has 0 aromatic rings. The van der Waals surface area contributed by atoms with Gasteiger partial charge in [0.2, 0.25) is 4.87 Å². The fourth-order valence-electron chi connectivity index (χ4n) is 2.05. The minimum Gasteiger partial charge on any atom is -0.479 e. The number of carboxylic acid groups (broad SMARTS) is 1. The molecule has 3 nitrogen and oxygen atoms in total. The quantitative estimate of drug-likeness (QED) is 0.802. The highest BCUT2D eigenvalue weighted by Gasteiger charge is 2.40. The zero-order valence-electron chi connectivity index (χ0n) is 8.56. The molecule has 0 saturated heterocycles. The molecule has 0 spiro atoms. The molecule has 2 rings (SSSR count). The Morgan fingerprint density at radius 1 is 1.40 bits per heavy atom. The van der Waals surface area contributed by atoms with Crippen LogP contribution < -0.4 is 0 Å². The Labute approximate surface area is 93.7 Å². The number of aliphatic carboxylic acids is 1. The van der Waals surface area contributed by atoms with Crippen LogP contribution in [0.5, 0.6) is 0 Å². The molecule has 0 radical (unpaired) electrons. The molecule has 1 aliphatic heterocycles. The summed E-state index contributed by atoms with van der Waals surface area (Å²) in [6.07, 6.45) is 11.0. The van der Waals surface area contributed by atoms with E-state index in [1.54, 1.807) is 18.4 Å². The van der Waals surface area contributed by atoms with Crippen molar-refractivity contribution in [2.75, 3.05) is 0 Å². The molecule has 4 heteroatoms. The molecule has 15 heavy (non-hydrogen) atoms. The van der Waals surface area contributed by atoms with E-state index in [9.17, 15) is 9.90 Å². The molecule has 0 aromatic carbocycles. The topological polar surface area (TPSA) is 49.7 Å². The summed E-state index contributed by atoms with van der Waals surface area (Å²) in [5.74, 6) is -0.844. The van der Waals surface area contributed by atoms with Gasteiger partial charge in [-0.05, 0) is 25.0 Å². The Morgan fingerprint density at radius 3 is 2.67 bits per heavy atom. The minimum atomic E-state index is -1.03. The smallest absolute Gasteiger partial charge is 0.346 e. The molecule has 1 aliphatic carbocycles. The average molecular weight is 225 g/mol. The third-order valence-corrected chi connectivity index (χ3v) is 4.46. The Kier molecular flexibility index (Phi) is 3.14. The van der Waals surface area contributed by atoms with Gasteiger partial charge in [-0.1, -0.05) is 19.3 Å². The van der Waals surface area contributed by atoms with Crippen molar-refractivity contribution in [2.24, 2.45) is 4.99 Å².